The van der Waals surface area contributed by atoms with Gasteiger partial charge in [-0.25, -0.2) is 4.98 Å². The van der Waals surface area contributed by atoms with Crippen molar-refractivity contribution in [3.8, 4) is 5.69 Å². The van der Waals surface area contributed by atoms with Crippen LogP contribution >= 0.6 is 0 Å². The molecule has 5 rings (SSSR count). The molecule has 0 aliphatic heterocycles. The van der Waals surface area contributed by atoms with Crippen molar-refractivity contribution >= 4 is 57.0 Å². The van der Waals surface area contributed by atoms with E-state index in [1.54, 1.807) is 0 Å². The molecule has 0 bridgehead atoms. The van der Waals surface area contributed by atoms with Crippen LogP contribution in [-0.2, 0) is 0 Å². The van der Waals surface area contributed by atoms with E-state index in [-0.39, 0.29) is 7.43 Å². The molecule has 0 unspecified atom stereocenters. The van der Waals surface area contributed by atoms with Crippen molar-refractivity contribution < 1.29 is 4.57 Å². The predicted octanol–water partition coefficient (Wildman–Crippen LogP) is 9.46. The fraction of sp³-hybridized carbons (Fsp3) is 0.167. The topological polar surface area (TPSA) is 41.5 Å². The van der Waals surface area contributed by atoms with Gasteiger partial charge in [-0.05, 0) is 99.5 Å². The first kappa shape index (κ1) is 28.3. The first-order valence-electron chi connectivity index (χ1n) is 13.0. The molecule has 1 aromatic heterocycles. The van der Waals surface area contributed by atoms with Gasteiger partial charge in [-0.3, -0.25) is 9.98 Å². The molecule has 4 heteroatoms. The third-order valence-electron chi connectivity index (χ3n) is 7.12. The van der Waals surface area contributed by atoms with Crippen LogP contribution in [0.25, 0.3) is 38.9 Å². The van der Waals surface area contributed by atoms with Crippen LogP contribution in [0.4, 0.5) is 11.4 Å². The monoisotopic (exact) mass is 525 g/mol. The normalized spacial score (nSPS) is 11.4. The molecule has 0 amide bonds. The SMILES string of the molecule is C.C=Nc1cc2c(cc1C)nc1cc(C)c(N=C(C)c3cc(C(=C)C)cc(C(=C)C)c3)cc1[n+]2-c1ccccc1. The summed E-state index contributed by atoms with van der Waals surface area (Å²) >= 11 is 0. The number of nitrogens with zero attached hydrogens (tertiary/aromatic N) is 4. The van der Waals surface area contributed by atoms with E-state index in [9.17, 15) is 0 Å². The highest BCUT2D eigenvalue weighted by molar-refractivity contribution is 6.02. The van der Waals surface area contributed by atoms with E-state index < -0.39 is 0 Å². The molecule has 40 heavy (non-hydrogen) atoms. The lowest BCUT2D eigenvalue weighted by Gasteiger charge is -2.11. The predicted molar refractivity (Wildman–Crippen MR) is 174 cm³/mol. The molecule has 0 saturated carbocycles. The summed E-state index contributed by atoms with van der Waals surface area (Å²) in [4.78, 5) is 14.4. The van der Waals surface area contributed by atoms with Gasteiger partial charge >= 0.3 is 0 Å². The van der Waals surface area contributed by atoms with Gasteiger partial charge in [0.1, 0.15) is 11.0 Å². The summed E-state index contributed by atoms with van der Waals surface area (Å²) in [5.41, 5.74) is 14.9. The van der Waals surface area contributed by atoms with Crippen LogP contribution in [0.15, 0.2) is 95.9 Å². The average Bonchev–Trinajstić information content (AvgIpc) is 2.92. The molecule has 0 radical (unpaired) electrons. The number of allylic oxidation sites excluding steroid dienone is 2. The van der Waals surface area contributed by atoms with Gasteiger partial charge in [0.05, 0.1) is 11.4 Å². The van der Waals surface area contributed by atoms with Gasteiger partial charge < -0.3 is 0 Å². The number of hydrogen-bond acceptors (Lipinski definition) is 3. The standard InChI is InChI=1S/C35H33N4.CH4/c1-21(2)26-16-27(22(3)4)18-28(17-26)25(7)37-31-20-35-33(15-24(31)6)38-32-14-23(5)30(36-8)19-34(32)39(35)29-12-10-9-11-13-29;/h9-20H,1,3,8H2,2,4-7H3;1H4/q+1;. The number of hydrogen-bond donors (Lipinski definition) is 0. The molecule has 4 aromatic carbocycles. The lowest BCUT2D eigenvalue weighted by Crippen LogP contribution is -2.33. The largest absolute Gasteiger partial charge is 0.264 e. The number of fused-ring (bicyclic) bond motifs is 2. The maximum absolute atomic E-state index is 5.13. The van der Waals surface area contributed by atoms with E-state index in [0.29, 0.717) is 0 Å². The summed E-state index contributed by atoms with van der Waals surface area (Å²) < 4.78 is 2.24. The van der Waals surface area contributed by atoms with Crippen molar-refractivity contribution in [1.29, 1.82) is 0 Å². The molecule has 4 nitrogen and oxygen atoms in total. The molecule has 200 valence electrons. The summed E-state index contributed by atoms with van der Waals surface area (Å²) in [6.45, 7) is 22.3. The van der Waals surface area contributed by atoms with Crippen LogP contribution in [0.3, 0.4) is 0 Å². The lowest BCUT2D eigenvalue weighted by atomic mass is 9.96. The lowest BCUT2D eigenvalue weighted by molar-refractivity contribution is -0.538. The molecular formula is C36H37N4+. The highest BCUT2D eigenvalue weighted by Gasteiger charge is 2.22. The van der Waals surface area contributed by atoms with Gasteiger partial charge in [0.2, 0.25) is 16.7 Å². The minimum absolute atomic E-state index is 0. The van der Waals surface area contributed by atoms with Crippen LogP contribution in [0.5, 0.6) is 0 Å². The van der Waals surface area contributed by atoms with E-state index in [2.05, 4.69) is 97.9 Å². The second-order valence-electron chi connectivity index (χ2n) is 10.3. The summed E-state index contributed by atoms with van der Waals surface area (Å²) in [7, 11) is 0. The van der Waals surface area contributed by atoms with Crippen LogP contribution in [0.1, 0.15) is 56.0 Å². The fourth-order valence-corrected chi connectivity index (χ4v) is 4.86. The van der Waals surface area contributed by atoms with Crippen molar-refractivity contribution in [2.45, 2.75) is 42.0 Å². The summed E-state index contributed by atoms with van der Waals surface area (Å²) in [6.07, 6.45) is 0. The van der Waals surface area contributed by atoms with Crippen LogP contribution < -0.4 is 4.57 Å². The Morgan fingerprint density at radius 3 is 1.73 bits per heavy atom. The molecule has 0 N–H and O–H groups in total. The van der Waals surface area contributed by atoms with Crippen molar-refractivity contribution in [2.75, 3.05) is 0 Å². The number of aryl methyl sites for hydroxylation is 2. The number of rotatable bonds is 6. The van der Waals surface area contributed by atoms with Crippen molar-refractivity contribution in [1.82, 2.24) is 4.98 Å². The molecular weight excluding hydrogens is 488 g/mol. The quantitative estimate of drug-likeness (QED) is 0.124. The molecule has 1 heterocycles. The summed E-state index contributed by atoms with van der Waals surface area (Å²) in [5.74, 6) is 0. The zero-order valence-electron chi connectivity index (χ0n) is 23.3. The van der Waals surface area contributed by atoms with Gasteiger partial charge in [0.15, 0.2) is 0 Å². The molecule has 0 fully saturated rings. The van der Waals surface area contributed by atoms with E-state index >= 15 is 0 Å². The number of aliphatic imine (C=N–C) groups is 2. The number of para-hydroxylation sites is 1. The Bertz CT molecular complexity index is 1810. The molecule has 0 spiro atoms. The molecule has 0 aliphatic carbocycles. The molecule has 0 aliphatic rings. The minimum Gasteiger partial charge on any atom is -0.264 e. The maximum atomic E-state index is 5.13. The van der Waals surface area contributed by atoms with Crippen molar-refractivity contribution in [3.63, 3.8) is 0 Å². The van der Waals surface area contributed by atoms with E-state index in [1.165, 1.54) is 0 Å². The Labute approximate surface area is 237 Å². The molecule has 0 saturated heterocycles. The smallest absolute Gasteiger partial charge is 0.239 e. The third-order valence-corrected chi connectivity index (χ3v) is 7.12. The van der Waals surface area contributed by atoms with Gasteiger partial charge in [-0.1, -0.05) is 49.9 Å². The first-order valence-corrected chi connectivity index (χ1v) is 13.0. The van der Waals surface area contributed by atoms with Gasteiger partial charge in [0, 0.05) is 30.0 Å². The van der Waals surface area contributed by atoms with Gasteiger partial charge in [-0.2, -0.15) is 0 Å². The zero-order valence-corrected chi connectivity index (χ0v) is 23.3. The highest BCUT2D eigenvalue weighted by atomic mass is 15.0. The highest BCUT2D eigenvalue weighted by Crippen LogP contribution is 2.30. The Morgan fingerprint density at radius 1 is 0.700 bits per heavy atom. The van der Waals surface area contributed by atoms with E-state index in [4.69, 9.17) is 9.98 Å². The number of aromatic nitrogens is 2. The van der Waals surface area contributed by atoms with Crippen LogP contribution in [-0.4, -0.2) is 17.4 Å². The number of benzene rings is 4. The third kappa shape index (κ3) is 5.26. The van der Waals surface area contributed by atoms with Crippen molar-refractivity contribution in [2.24, 2.45) is 9.98 Å². The molecule has 5 aromatic rings. The Balaban J connectivity index is 0.00000370. The molecule has 0 atom stereocenters. The average molecular weight is 526 g/mol. The summed E-state index contributed by atoms with van der Waals surface area (Å²) in [6, 6.07) is 25.2. The first-order chi connectivity index (χ1) is 18.7. The van der Waals surface area contributed by atoms with Crippen LogP contribution in [0, 0.1) is 13.8 Å². The second-order valence-corrected chi connectivity index (χ2v) is 10.3. The summed E-state index contributed by atoms with van der Waals surface area (Å²) in [5, 5.41) is 0. The van der Waals surface area contributed by atoms with E-state index in [1.807, 2.05) is 39.0 Å². The second kappa shape index (κ2) is 11.2. The van der Waals surface area contributed by atoms with Crippen molar-refractivity contribution in [3.05, 3.63) is 114 Å². The fourth-order valence-electron chi connectivity index (χ4n) is 4.86. The van der Waals surface area contributed by atoms with Crippen LogP contribution in [0.2, 0.25) is 0 Å². The van der Waals surface area contributed by atoms with Gasteiger partial charge in [-0.15, -0.1) is 4.57 Å². The van der Waals surface area contributed by atoms with Gasteiger partial charge in [0.25, 0.3) is 0 Å². The Morgan fingerprint density at radius 2 is 1.20 bits per heavy atom. The Hall–Kier alpha value is -4.70. The van der Waals surface area contributed by atoms with E-state index in [0.717, 1.165) is 83.8 Å². The maximum Gasteiger partial charge on any atom is 0.239 e. The Kier molecular flexibility index (Phi) is 7.92. The minimum atomic E-state index is 0. The zero-order chi connectivity index (χ0) is 27.8.